The third kappa shape index (κ3) is 3.19. The fourth-order valence-electron chi connectivity index (χ4n) is 2.21. The highest BCUT2D eigenvalue weighted by Gasteiger charge is 2.22. The minimum atomic E-state index is -2.26. The lowest BCUT2D eigenvalue weighted by atomic mass is 10.0. The van der Waals surface area contributed by atoms with Crippen molar-refractivity contribution >= 4 is 17.0 Å². The van der Waals surface area contributed by atoms with Crippen molar-refractivity contribution in [1.82, 2.24) is 15.2 Å². The van der Waals surface area contributed by atoms with E-state index < -0.39 is 18.7 Å². The van der Waals surface area contributed by atoms with E-state index in [0.29, 0.717) is 23.9 Å². The van der Waals surface area contributed by atoms with Crippen LogP contribution in [-0.2, 0) is 17.6 Å². The van der Waals surface area contributed by atoms with Gasteiger partial charge in [0, 0.05) is 23.6 Å². The largest absolute Gasteiger partial charge is 0.447 e. The average Bonchev–Trinajstić information content (AvgIpc) is 3.02. The van der Waals surface area contributed by atoms with E-state index in [1.165, 1.54) is 0 Å². The summed E-state index contributed by atoms with van der Waals surface area (Å²) in [4.78, 5) is 16.1. The zero-order valence-corrected chi connectivity index (χ0v) is 12.0. The van der Waals surface area contributed by atoms with Gasteiger partial charge in [-0.2, -0.15) is 0 Å². The zero-order valence-electron chi connectivity index (χ0n) is 18.0. The number of nitrogens with one attached hydrogen (secondary N) is 2. The quantitative estimate of drug-likeness (QED) is 0.885. The number of hydrogen-bond donors (Lipinski definition) is 2. The topological polar surface area (TPSA) is 57.4 Å². The van der Waals surface area contributed by atoms with E-state index in [1.807, 2.05) is 19.0 Å². The molecule has 0 unspecified atom stereocenters. The maximum absolute atomic E-state index is 11.4. The molecular weight excluding hydrogens is 266 g/mol. The number of ether oxygens (including phenoxy) is 1. The van der Waals surface area contributed by atoms with Crippen molar-refractivity contribution in [2.45, 2.75) is 18.9 Å². The van der Waals surface area contributed by atoms with Crippen LogP contribution in [-0.4, -0.2) is 49.2 Å². The molecule has 2 N–H and O–H groups in total. The van der Waals surface area contributed by atoms with Crippen molar-refractivity contribution in [1.29, 1.82) is 0 Å². The van der Waals surface area contributed by atoms with E-state index in [0.717, 1.165) is 0 Å². The van der Waals surface area contributed by atoms with Crippen LogP contribution in [0, 0.1) is 0 Å². The van der Waals surface area contributed by atoms with Gasteiger partial charge in [-0.05, 0) is 50.1 Å². The van der Waals surface area contributed by atoms with Crippen molar-refractivity contribution in [3.63, 3.8) is 0 Å². The summed E-state index contributed by atoms with van der Waals surface area (Å²) in [7, 11) is 3.79. The van der Waals surface area contributed by atoms with Gasteiger partial charge in [-0.15, -0.1) is 0 Å². The summed E-state index contributed by atoms with van der Waals surface area (Å²) in [6, 6.07) is -1.45. The number of alkyl carbamates (subject to hydrolysis) is 1. The number of carbonyl (C=O) groups excluding carboxylic acids is 1. The monoisotopic (exact) mass is 293 g/mol. The summed E-state index contributed by atoms with van der Waals surface area (Å²) < 4.78 is 53.4. The van der Waals surface area contributed by atoms with Gasteiger partial charge < -0.3 is 19.9 Å². The molecule has 1 atom stereocenters. The first kappa shape index (κ1) is 8.44. The van der Waals surface area contributed by atoms with Crippen molar-refractivity contribution in [2.24, 2.45) is 0 Å². The highest BCUT2D eigenvalue weighted by molar-refractivity contribution is 5.84. The number of amides is 1. The van der Waals surface area contributed by atoms with Crippen molar-refractivity contribution in [3.05, 3.63) is 35.4 Å². The van der Waals surface area contributed by atoms with Gasteiger partial charge in [-0.1, -0.05) is 6.04 Å². The number of benzene rings is 1. The molecule has 1 fully saturated rings. The Kier molecular flexibility index (Phi) is 2.32. The van der Waals surface area contributed by atoms with Crippen LogP contribution in [0.2, 0.25) is 0 Å². The third-order valence-electron chi connectivity index (χ3n) is 3.31. The molecule has 0 bridgehead atoms. The molecule has 2 heterocycles. The van der Waals surface area contributed by atoms with E-state index in [4.69, 9.17) is 8.22 Å². The molecule has 1 amide bonds. The fraction of sp³-hybridized carbons (Fsp3) is 0.438. The molecule has 112 valence electrons. The van der Waals surface area contributed by atoms with Gasteiger partial charge in [0.1, 0.15) is 6.56 Å². The normalized spacial score (nSPS) is 24.7. The van der Waals surface area contributed by atoms with Crippen LogP contribution in [0.25, 0.3) is 10.9 Å². The van der Waals surface area contributed by atoms with Crippen molar-refractivity contribution in [2.75, 3.05) is 27.2 Å². The molecule has 5 nitrogen and oxygen atoms in total. The van der Waals surface area contributed by atoms with Gasteiger partial charge in [-0.25, -0.2) is 4.79 Å². The summed E-state index contributed by atoms with van der Waals surface area (Å²) in [5.41, 5.74) is 1.01. The lowest BCUT2D eigenvalue weighted by Gasteiger charge is -2.09. The number of aromatic amines is 1. The minimum absolute atomic E-state index is 0.0218. The first-order valence-corrected chi connectivity index (χ1v) is 6.77. The predicted molar refractivity (Wildman–Crippen MR) is 82.5 cm³/mol. The summed E-state index contributed by atoms with van der Waals surface area (Å²) in [5, 5.41) is 2.77. The second-order valence-corrected chi connectivity index (χ2v) is 5.29. The van der Waals surface area contributed by atoms with Gasteiger partial charge in [0.25, 0.3) is 0 Å². The number of cyclic esters (lactones) is 1. The van der Waals surface area contributed by atoms with Crippen LogP contribution >= 0.6 is 0 Å². The number of aromatic nitrogens is 1. The van der Waals surface area contributed by atoms with E-state index in [-0.39, 0.29) is 41.8 Å². The Morgan fingerprint density at radius 1 is 1.52 bits per heavy atom. The first-order chi connectivity index (χ1) is 12.5. The summed E-state index contributed by atoms with van der Waals surface area (Å²) in [5.74, 6) is 0. The molecule has 5 heteroatoms. The summed E-state index contributed by atoms with van der Waals surface area (Å²) in [6.45, 7) is -1.61. The van der Waals surface area contributed by atoms with E-state index >= 15 is 0 Å². The van der Waals surface area contributed by atoms with E-state index in [9.17, 15) is 4.79 Å². The number of hydrogen-bond acceptors (Lipinski definition) is 3. The molecule has 0 aliphatic carbocycles. The van der Waals surface area contributed by atoms with E-state index in [1.54, 1.807) is 0 Å². The first-order valence-electron chi connectivity index (χ1n) is 9.77. The molecular formula is C16H21N3O2. The van der Waals surface area contributed by atoms with Gasteiger partial charge in [0.2, 0.25) is 0 Å². The molecule has 21 heavy (non-hydrogen) atoms. The lowest BCUT2D eigenvalue weighted by Crippen LogP contribution is -2.28. The molecule has 1 aliphatic heterocycles. The zero-order chi connectivity index (χ0) is 20.1. The number of fused-ring (bicyclic) bond motifs is 1. The molecule has 0 spiro atoms. The lowest BCUT2D eigenvalue weighted by molar-refractivity contribution is 0.177. The number of likely N-dealkylation sites (N-methyl/N-ethyl adjacent to an activating group) is 1. The Labute approximate surface area is 132 Å². The van der Waals surface area contributed by atoms with Crippen LogP contribution in [0.4, 0.5) is 4.79 Å². The maximum Gasteiger partial charge on any atom is 0.407 e. The molecule has 1 aliphatic rings. The Bertz CT molecular complexity index is 912. The minimum Gasteiger partial charge on any atom is -0.447 e. The van der Waals surface area contributed by atoms with Crippen LogP contribution in [0.1, 0.15) is 19.4 Å². The van der Waals surface area contributed by atoms with Gasteiger partial charge in [0.05, 0.1) is 14.3 Å². The Balaban J connectivity index is 2.11. The van der Waals surface area contributed by atoms with Crippen molar-refractivity contribution < 1.29 is 17.8 Å². The average molecular weight is 293 g/mol. The number of rotatable bonds is 5. The third-order valence-corrected chi connectivity index (χ3v) is 3.31. The highest BCUT2D eigenvalue weighted by atomic mass is 16.6. The maximum atomic E-state index is 11.4. The fourth-order valence-corrected chi connectivity index (χ4v) is 2.21. The molecule has 0 saturated carbocycles. The molecule has 1 aromatic heterocycles. The number of nitrogens with zero attached hydrogens (tertiary/aromatic N) is 1. The Morgan fingerprint density at radius 2 is 2.38 bits per heavy atom. The summed E-state index contributed by atoms with van der Waals surface area (Å²) >= 11 is 0. The predicted octanol–water partition coefficient (Wildman–Crippen LogP) is 1.92. The summed E-state index contributed by atoms with van der Waals surface area (Å²) in [6.07, 6.45) is -0.433. The second-order valence-electron chi connectivity index (χ2n) is 5.29. The second kappa shape index (κ2) is 5.77. The van der Waals surface area contributed by atoms with Crippen LogP contribution < -0.4 is 5.32 Å². The van der Waals surface area contributed by atoms with Gasteiger partial charge >= 0.3 is 6.09 Å². The standard InChI is InChI=1S/C16H21N3O2/c1-19(2)6-5-12-9-17-15-4-3-11(8-14(12)15)7-13-10-21-16(20)18-13/h3-4,8-9,13,17H,5-7,10H2,1-2H3,(H,18,20)/t13-/m0/s1/i3D,4D,8D,9D,10D2. The number of carbonyl (C=O) groups is 1. The Hall–Kier alpha value is -2.01. The smallest absolute Gasteiger partial charge is 0.407 e. The SMILES string of the molecule is [2H]c1[nH]c2c([2H])c([2H])c(C[C@@H]3NC(=O)OC3([2H])[2H])c([2H])c2c1CCN(C)C. The molecule has 3 rings (SSSR count). The Morgan fingerprint density at radius 3 is 3.10 bits per heavy atom. The number of H-pyrrole nitrogens is 1. The highest BCUT2D eigenvalue weighted by Crippen LogP contribution is 2.21. The molecule has 1 saturated heterocycles. The van der Waals surface area contributed by atoms with Crippen LogP contribution in [0.3, 0.4) is 0 Å². The van der Waals surface area contributed by atoms with Crippen molar-refractivity contribution in [3.8, 4) is 0 Å². The van der Waals surface area contributed by atoms with Crippen LogP contribution in [0.15, 0.2) is 24.3 Å². The van der Waals surface area contributed by atoms with Gasteiger partial charge in [0.15, 0.2) is 0 Å². The van der Waals surface area contributed by atoms with Gasteiger partial charge in [-0.3, -0.25) is 0 Å². The van der Waals surface area contributed by atoms with E-state index in [2.05, 4.69) is 15.0 Å². The molecule has 2 aromatic rings. The molecule has 0 radical (unpaired) electrons. The molecule has 1 aromatic carbocycles. The van der Waals surface area contributed by atoms with Crippen LogP contribution in [0.5, 0.6) is 0 Å².